The van der Waals surface area contributed by atoms with Crippen LogP contribution < -0.4 is 5.73 Å². The zero-order valence-electron chi connectivity index (χ0n) is 9.66. The molecule has 1 atom stereocenters. The minimum atomic E-state index is -0.375. The van der Waals surface area contributed by atoms with Crippen molar-refractivity contribution in [1.82, 2.24) is 15.2 Å². The van der Waals surface area contributed by atoms with Crippen LogP contribution in [0.4, 0.5) is 0 Å². The molecule has 1 unspecified atom stereocenters. The van der Waals surface area contributed by atoms with Crippen molar-refractivity contribution in [3.63, 3.8) is 0 Å². The minimum absolute atomic E-state index is 0.338. The second-order valence-electron chi connectivity index (χ2n) is 3.51. The molecule has 0 fully saturated rings. The molecule has 2 aromatic rings. The highest BCUT2D eigenvalue weighted by atomic mass is 32.2. The van der Waals surface area contributed by atoms with Gasteiger partial charge in [0.25, 0.3) is 0 Å². The van der Waals surface area contributed by atoms with Gasteiger partial charge in [0, 0.05) is 4.88 Å². The average molecular weight is 280 g/mol. The molecule has 0 saturated heterocycles. The summed E-state index contributed by atoms with van der Waals surface area (Å²) in [6.45, 7) is 1.73. The van der Waals surface area contributed by atoms with Crippen molar-refractivity contribution in [3.8, 4) is 0 Å². The number of rotatable bonds is 5. The van der Waals surface area contributed by atoms with E-state index in [0.29, 0.717) is 11.0 Å². The maximum atomic E-state index is 10.9. The van der Waals surface area contributed by atoms with Gasteiger partial charge in [0.1, 0.15) is 5.82 Å². The minimum Gasteiger partial charge on any atom is -0.369 e. The van der Waals surface area contributed by atoms with Gasteiger partial charge >= 0.3 is 0 Å². The van der Waals surface area contributed by atoms with Crippen LogP contribution >= 0.6 is 23.1 Å². The molecule has 5 nitrogen and oxygen atoms in total. The van der Waals surface area contributed by atoms with Gasteiger partial charge in [-0.3, -0.25) is 9.89 Å². The van der Waals surface area contributed by atoms with Crippen LogP contribution in [0.15, 0.2) is 22.7 Å². The quantitative estimate of drug-likeness (QED) is 0.820. The van der Waals surface area contributed by atoms with E-state index in [1.165, 1.54) is 11.8 Å². The normalized spacial score (nSPS) is 12.9. The molecule has 0 aliphatic rings. The molecule has 18 heavy (non-hydrogen) atoms. The highest BCUT2D eigenvalue weighted by Gasteiger charge is 2.13. The molecular weight excluding hydrogens is 268 g/mol. The van der Waals surface area contributed by atoms with E-state index in [-0.39, 0.29) is 11.2 Å². The number of hydrogen-bond acceptors (Lipinski definition) is 5. The lowest BCUT2D eigenvalue weighted by molar-refractivity contribution is -0.117. The number of aromatic amines is 1. The van der Waals surface area contributed by atoms with E-state index in [4.69, 9.17) is 5.73 Å². The summed E-state index contributed by atoms with van der Waals surface area (Å²) in [5, 5.41) is 9.00. The van der Waals surface area contributed by atoms with Crippen LogP contribution in [-0.4, -0.2) is 26.3 Å². The molecular formula is C11H12N4OS2. The van der Waals surface area contributed by atoms with Crippen molar-refractivity contribution in [2.45, 2.75) is 17.3 Å². The maximum Gasteiger partial charge on any atom is 0.230 e. The monoisotopic (exact) mass is 280 g/mol. The van der Waals surface area contributed by atoms with Gasteiger partial charge < -0.3 is 5.73 Å². The Labute approximate surface area is 113 Å². The maximum absolute atomic E-state index is 10.9. The number of nitrogens with one attached hydrogen (secondary N) is 1. The Bertz CT molecular complexity index is 547. The molecule has 0 aromatic carbocycles. The highest BCUT2D eigenvalue weighted by molar-refractivity contribution is 8.00. The van der Waals surface area contributed by atoms with Crippen molar-refractivity contribution in [2.24, 2.45) is 5.73 Å². The van der Waals surface area contributed by atoms with Crippen LogP contribution in [0.2, 0.25) is 0 Å². The Morgan fingerprint density at radius 1 is 1.61 bits per heavy atom. The predicted octanol–water partition coefficient (Wildman–Crippen LogP) is 2.00. The second-order valence-corrected chi connectivity index (χ2v) is 5.80. The number of primary amides is 1. The van der Waals surface area contributed by atoms with Crippen LogP contribution in [0.1, 0.15) is 17.6 Å². The number of thioether (sulfide) groups is 1. The summed E-state index contributed by atoms with van der Waals surface area (Å²) < 4.78 is 0. The molecule has 2 heterocycles. The van der Waals surface area contributed by atoms with Crippen molar-refractivity contribution in [2.75, 3.05) is 0 Å². The van der Waals surface area contributed by atoms with Gasteiger partial charge in [0.2, 0.25) is 11.1 Å². The molecule has 0 spiro atoms. The lowest BCUT2D eigenvalue weighted by Gasteiger charge is -2.00. The summed E-state index contributed by atoms with van der Waals surface area (Å²) >= 11 is 2.88. The van der Waals surface area contributed by atoms with Gasteiger partial charge in [-0.1, -0.05) is 17.8 Å². The highest BCUT2D eigenvalue weighted by Crippen LogP contribution is 2.19. The van der Waals surface area contributed by atoms with E-state index in [9.17, 15) is 4.79 Å². The van der Waals surface area contributed by atoms with E-state index in [2.05, 4.69) is 15.2 Å². The molecule has 94 valence electrons. The molecule has 1 amide bonds. The van der Waals surface area contributed by atoms with E-state index in [0.717, 1.165) is 4.88 Å². The van der Waals surface area contributed by atoms with Crippen molar-refractivity contribution < 1.29 is 4.79 Å². The first kappa shape index (κ1) is 12.8. The Morgan fingerprint density at radius 2 is 2.44 bits per heavy atom. The molecule has 2 rings (SSSR count). The largest absolute Gasteiger partial charge is 0.369 e. The molecule has 0 radical (unpaired) electrons. The fourth-order valence-corrected chi connectivity index (χ4v) is 2.45. The Hall–Kier alpha value is -1.60. The topological polar surface area (TPSA) is 84.7 Å². The van der Waals surface area contributed by atoms with Crippen molar-refractivity contribution >= 4 is 41.2 Å². The van der Waals surface area contributed by atoms with Crippen molar-refractivity contribution in [1.29, 1.82) is 0 Å². The summed E-state index contributed by atoms with van der Waals surface area (Å²) in [4.78, 5) is 16.3. The zero-order valence-corrected chi connectivity index (χ0v) is 11.3. The lowest BCUT2D eigenvalue weighted by atomic mass is 10.4. The Morgan fingerprint density at radius 3 is 3.11 bits per heavy atom. The summed E-state index contributed by atoms with van der Waals surface area (Å²) in [6.07, 6.45) is 3.80. The molecule has 7 heteroatoms. The van der Waals surface area contributed by atoms with E-state index in [1.807, 2.05) is 29.7 Å². The Balaban J connectivity index is 2.00. The molecule has 0 saturated carbocycles. The van der Waals surface area contributed by atoms with E-state index in [1.54, 1.807) is 18.3 Å². The first-order valence-electron chi connectivity index (χ1n) is 5.25. The van der Waals surface area contributed by atoms with Gasteiger partial charge in [-0.2, -0.15) is 0 Å². The SMILES string of the molecule is CC(Sc1n[nH]c(/C=C/c2cccs2)n1)C(N)=O. The molecule has 0 aliphatic carbocycles. The third-order valence-corrected chi connectivity index (χ3v) is 3.93. The summed E-state index contributed by atoms with van der Waals surface area (Å²) in [5.74, 6) is 0.281. The number of aromatic nitrogens is 3. The number of nitrogens with two attached hydrogens (primary N) is 1. The number of nitrogens with zero attached hydrogens (tertiary/aromatic N) is 2. The van der Waals surface area contributed by atoms with Crippen LogP contribution in [0, 0.1) is 0 Å². The van der Waals surface area contributed by atoms with Crippen LogP contribution in [0.3, 0.4) is 0 Å². The second kappa shape index (κ2) is 5.83. The molecule has 2 aromatic heterocycles. The smallest absolute Gasteiger partial charge is 0.230 e. The van der Waals surface area contributed by atoms with Gasteiger partial charge in [-0.15, -0.1) is 16.4 Å². The number of thiophene rings is 1. The first-order valence-corrected chi connectivity index (χ1v) is 7.01. The Kier molecular flexibility index (Phi) is 4.16. The van der Waals surface area contributed by atoms with E-state index >= 15 is 0 Å². The average Bonchev–Trinajstić information content (AvgIpc) is 2.96. The number of amides is 1. The number of H-pyrrole nitrogens is 1. The summed E-state index contributed by atoms with van der Waals surface area (Å²) in [6, 6.07) is 4.00. The number of carbonyl (C=O) groups is 1. The molecule has 3 N–H and O–H groups in total. The summed E-state index contributed by atoms with van der Waals surface area (Å²) in [5.41, 5.74) is 5.18. The molecule has 0 aliphatic heterocycles. The molecule has 0 bridgehead atoms. The van der Waals surface area contributed by atoms with Gasteiger partial charge in [0.15, 0.2) is 0 Å². The summed E-state index contributed by atoms with van der Waals surface area (Å²) in [7, 11) is 0. The number of hydrogen-bond donors (Lipinski definition) is 2. The predicted molar refractivity (Wildman–Crippen MR) is 74.1 cm³/mol. The van der Waals surface area contributed by atoms with Crippen LogP contribution in [0.25, 0.3) is 12.2 Å². The lowest BCUT2D eigenvalue weighted by Crippen LogP contribution is -2.22. The zero-order chi connectivity index (χ0) is 13.0. The first-order chi connectivity index (χ1) is 8.65. The number of carbonyl (C=O) groups excluding carboxylic acids is 1. The van der Waals surface area contributed by atoms with E-state index < -0.39 is 0 Å². The standard InChI is InChI=1S/C11H12N4OS2/c1-7(10(12)16)18-11-13-9(14-15-11)5-4-8-3-2-6-17-8/h2-7H,1H3,(H2,12,16)(H,13,14,15)/b5-4+. The fraction of sp³-hybridized carbons (Fsp3) is 0.182. The van der Waals surface area contributed by atoms with Gasteiger partial charge in [-0.25, -0.2) is 4.98 Å². The van der Waals surface area contributed by atoms with Gasteiger partial charge in [-0.05, 0) is 30.5 Å². The third-order valence-electron chi connectivity index (χ3n) is 2.11. The van der Waals surface area contributed by atoms with Crippen LogP contribution in [0.5, 0.6) is 0 Å². The third kappa shape index (κ3) is 3.44. The van der Waals surface area contributed by atoms with Crippen LogP contribution in [-0.2, 0) is 4.79 Å². The van der Waals surface area contributed by atoms with Crippen molar-refractivity contribution in [3.05, 3.63) is 28.2 Å². The fourth-order valence-electron chi connectivity index (χ4n) is 1.15. The van der Waals surface area contributed by atoms with Gasteiger partial charge in [0.05, 0.1) is 5.25 Å².